The quantitative estimate of drug-likeness (QED) is 0.825. The first-order valence-electron chi connectivity index (χ1n) is 7.58. The van der Waals surface area contributed by atoms with Crippen molar-refractivity contribution in [2.45, 2.75) is 57.4 Å². The van der Waals surface area contributed by atoms with Crippen LogP contribution in [0.25, 0.3) is 0 Å². The first-order valence-corrected chi connectivity index (χ1v) is 7.58. The molecule has 0 aromatic carbocycles. The van der Waals surface area contributed by atoms with E-state index in [1.807, 2.05) is 12.4 Å². The molecule has 1 N–H and O–H groups in total. The van der Waals surface area contributed by atoms with Crippen LogP contribution in [0.5, 0.6) is 5.75 Å². The second kappa shape index (κ2) is 7.49. The average molecular weight is 262 g/mol. The van der Waals surface area contributed by atoms with E-state index in [1.54, 1.807) is 0 Å². The van der Waals surface area contributed by atoms with Crippen molar-refractivity contribution in [1.29, 1.82) is 0 Å². The van der Waals surface area contributed by atoms with Gasteiger partial charge in [-0.15, -0.1) is 0 Å². The maximum atomic E-state index is 5.69. The van der Waals surface area contributed by atoms with E-state index in [2.05, 4.69) is 30.3 Å². The van der Waals surface area contributed by atoms with Crippen molar-refractivity contribution in [2.75, 3.05) is 13.7 Å². The summed E-state index contributed by atoms with van der Waals surface area (Å²) in [5.74, 6) is 1.54. The highest BCUT2D eigenvalue weighted by Gasteiger charge is 2.21. The van der Waals surface area contributed by atoms with Crippen molar-refractivity contribution < 1.29 is 4.74 Å². The monoisotopic (exact) mass is 262 g/mol. The summed E-state index contributed by atoms with van der Waals surface area (Å²) in [5, 5.41) is 3.44. The minimum atomic E-state index is 0.623. The zero-order valence-corrected chi connectivity index (χ0v) is 12.2. The molecule has 0 spiro atoms. The van der Waals surface area contributed by atoms with Crippen LogP contribution in [0.2, 0.25) is 0 Å². The molecule has 3 heteroatoms. The fourth-order valence-corrected chi connectivity index (χ4v) is 2.88. The molecule has 1 aliphatic rings. The van der Waals surface area contributed by atoms with Gasteiger partial charge in [-0.1, -0.05) is 19.8 Å². The van der Waals surface area contributed by atoms with Gasteiger partial charge >= 0.3 is 0 Å². The Kier molecular flexibility index (Phi) is 5.64. The molecule has 1 aliphatic carbocycles. The molecular formula is C16H26N2O. The smallest absolute Gasteiger partial charge is 0.137 e. The van der Waals surface area contributed by atoms with Gasteiger partial charge in [-0.3, -0.25) is 4.98 Å². The highest BCUT2D eigenvalue weighted by molar-refractivity contribution is 5.26. The van der Waals surface area contributed by atoms with Crippen LogP contribution >= 0.6 is 0 Å². The van der Waals surface area contributed by atoms with Gasteiger partial charge in [-0.2, -0.15) is 0 Å². The van der Waals surface area contributed by atoms with Crippen molar-refractivity contribution in [3.8, 4) is 5.75 Å². The van der Waals surface area contributed by atoms with Crippen molar-refractivity contribution in [1.82, 2.24) is 10.3 Å². The lowest BCUT2D eigenvalue weighted by atomic mass is 9.91. The Labute approximate surface area is 116 Å². The summed E-state index contributed by atoms with van der Waals surface area (Å²) >= 11 is 0. The number of hydrogen-bond donors (Lipinski definition) is 1. The van der Waals surface area contributed by atoms with E-state index in [1.165, 1.54) is 37.7 Å². The molecule has 106 valence electrons. The number of pyridine rings is 1. The summed E-state index contributed by atoms with van der Waals surface area (Å²) in [6, 6.07) is 2.83. The van der Waals surface area contributed by atoms with E-state index >= 15 is 0 Å². The zero-order chi connectivity index (χ0) is 13.5. The van der Waals surface area contributed by atoms with Crippen molar-refractivity contribution in [2.24, 2.45) is 0 Å². The van der Waals surface area contributed by atoms with E-state index in [0.29, 0.717) is 12.0 Å². The molecule has 0 aliphatic heterocycles. The normalized spacial score (nSPS) is 23.9. The van der Waals surface area contributed by atoms with Crippen molar-refractivity contribution in [3.05, 3.63) is 24.0 Å². The first-order chi connectivity index (χ1) is 9.33. The third-order valence-electron chi connectivity index (χ3n) is 4.01. The van der Waals surface area contributed by atoms with E-state index < -0.39 is 0 Å². The Balaban J connectivity index is 2.06. The minimum absolute atomic E-state index is 0.623. The van der Waals surface area contributed by atoms with Gasteiger partial charge in [0.25, 0.3) is 0 Å². The SMILES string of the molecule is CCCOc1cncc(C2CCCCC(NC)C2)c1. The van der Waals surface area contributed by atoms with E-state index in [0.717, 1.165) is 18.8 Å². The summed E-state index contributed by atoms with van der Waals surface area (Å²) in [4.78, 5) is 4.35. The van der Waals surface area contributed by atoms with Gasteiger partial charge in [0.05, 0.1) is 12.8 Å². The van der Waals surface area contributed by atoms with Crippen LogP contribution < -0.4 is 10.1 Å². The molecule has 1 saturated carbocycles. The van der Waals surface area contributed by atoms with E-state index in [9.17, 15) is 0 Å². The van der Waals surface area contributed by atoms with Gasteiger partial charge < -0.3 is 10.1 Å². The molecule has 2 rings (SSSR count). The Morgan fingerprint density at radius 2 is 2.16 bits per heavy atom. The number of nitrogens with zero attached hydrogens (tertiary/aromatic N) is 1. The summed E-state index contributed by atoms with van der Waals surface area (Å²) < 4.78 is 5.69. The molecular weight excluding hydrogens is 236 g/mol. The Morgan fingerprint density at radius 1 is 1.32 bits per heavy atom. The van der Waals surface area contributed by atoms with Crippen molar-refractivity contribution >= 4 is 0 Å². The number of hydrogen-bond acceptors (Lipinski definition) is 3. The lowest BCUT2D eigenvalue weighted by Crippen LogP contribution is -2.25. The maximum absolute atomic E-state index is 5.69. The molecule has 3 nitrogen and oxygen atoms in total. The maximum Gasteiger partial charge on any atom is 0.137 e. The van der Waals surface area contributed by atoms with Crippen LogP contribution in [0.15, 0.2) is 18.5 Å². The summed E-state index contributed by atoms with van der Waals surface area (Å²) in [6.45, 7) is 2.90. The number of rotatable bonds is 5. The Morgan fingerprint density at radius 3 is 2.95 bits per heavy atom. The molecule has 0 saturated heterocycles. The van der Waals surface area contributed by atoms with Gasteiger partial charge in [0.15, 0.2) is 0 Å². The molecule has 0 amide bonds. The van der Waals surface area contributed by atoms with Crippen LogP contribution in [0.1, 0.15) is 56.9 Å². The molecule has 1 fully saturated rings. The van der Waals surface area contributed by atoms with Gasteiger partial charge in [-0.05, 0) is 50.3 Å². The standard InChI is InChI=1S/C16H26N2O/c1-3-8-19-16-10-14(11-18-12-16)13-6-4-5-7-15(9-13)17-2/h10-13,15,17H,3-9H2,1-2H3. The number of aromatic nitrogens is 1. The fourth-order valence-electron chi connectivity index (χ4n) is 2.88. The molecule has 19 heavy (non-hydrogen) atoms. The number of ether oxygens (including phenoxy) is 1. The van der Waals surface area contributed by atoms with Crippen LogP contribution in [0.4, 0.5) is 0 Å². The molecule has 1 aromatic heterocycles. The third kappa shape index (κ3) is 4.20. The van der Waals surface area contributed by atoms with Gasteiger partial charge in [0.1, 0.15) is 5.75 Å². The van der Waals surface area contributed by atoms with E-state index in [-0.39, 0.29) is 0 Å². The first kappa shape index (κ1) is 14.3. The van der Waals surface area contributed by atoms with Crippen molar-refractivity contribution in [3.63, 3.8) is 0 Å². The second-order valence-corrected chi connectivity index (χ2v) is 5.51. The highest BCUT2D eigenvalue weighted by atomic mass is 16.5. The zero-order valence-electron chi connectivity index (χ0n) is 12.2. The van der Waals surface area contributed by atoms with Gasteiger partial charge in [0, 0.05) is 12.2 Å². The molecule has 0 radical (unpaired) electrons. The second-order valence-electron chi connectivity index (χ2n) is 5.51. The molecule has 2 atom stereocenters. The van der Waals surface area contributed by atoms with Gasteiger partial charge in [-0.25, -0.2) is 0 Å². The lowest BCUT2D eigenvalue weighted by molar-refractivity contribution is 0.315. The Hall–Kier alpha value is -1.09. The molecule has 1 aromatic rings. The largest absolute Gasteiger partial charge is 0.492 e. The van der Waals surface area contributed by atoms with Crippen LogP contribution in [0, 0.1) is 0 Å². The van der Waals surface area contributed by atoms with Crippen LogP contribution in [-0.4, -0.2) is 24.7 Å². The molecule has 0 bridgehead atoms. The minimum Gasteiger partial charge on any atom is -0.492 e. The molecule has 2 unspecified atom stereocenters. The predicted octanol–water partition coefficient (Wildman–Crippen LogP) is 3.51. The van der Waals surface area contributed by atoms with Crippen LogP contribution in [-0.2, 0) is 0 Å². The highest BCUT2D eigenvalue weighted by Crippen LogP contribution is 2.32. The lowest BCUT2D eigenvalue weighted by Gasteiger charge is -2.20. The predicted molar refractivity (Wildman–Crippen MR) is 78.7 cm³/mol. The summed E-state index contributed by atoms with van der Waals surface area (Å²) in [6.07, 6.45) is 11.3. The van der Waals surface area contributed by atoms with Gasteiger partial charge in [0.2, 0.25) is 0 Å². The summed E-state index contributed by atoms with van der Waals surface area (Å²) in [7, 11) is 2.08. The van der Waals surface area contributed by atoms with E-state index in [4.69, 9.17) is 4.74 Å². The third-order valence-corrected chi connectivity index (χ3v) is 4.01. The number of nitrogens with one attached hydrogen (secondary N) is 1. The average Bonchev–Trinajstić information content (AvgIpc) is 2.71. The topological polar surface area (TPSA) is 34.1 Å². The molecule has 1 heterocycles. The summed E-state index contributed by atoms with van der Waals surface area (Å²) in [5.41, 5.74) is 1.34. The van der Waals surface area contributed by atoms with Crippen LogP contribution in [0.3, 0.4) is 0 Å². The Bertz CT molecular complexity index is 381. The fraction of sp³-hybridized carbons (Fsp3) is 0.688.